The SMILES string of the molecule is CN(C)/N=C(\O[Si+](O/C(=N\N(C)C)c1ccccc1)C(C)(C)C)c1ccccc1.[Cl-]. The lowest BCUT2D eigenvalue weighted by atomic mass is 10.2. The highest BCUT2D eigenvalue weighted by molar-refractivity contribution is 6.53. The molecule has 30 heavy (non-hydrogen) atoms. The van der Waals surface area contributed by atoms with Crippen LogP contribution in [0.15, 0.2) is 70.9 Å². The zero-order chi connectivity index (χ0) is 21.4. The van der Waals surface area contributed by atoms with Crippen LogP contribution in [0.2, 0.25) is 5.04 Å². The van der Waals surface area contributed by atoms with Crippen molar-refractivity contribution in [2.24, 2.45) is 10.2 Å². The van der Waals surface area contributed by atoms with Crippen molar-refractivity contribution in [1.29, 1.82) is 0 Å². The Morgan fingerprint density at radius 3 is 1.30 bits per heavy atom. The molecule has 0 N–H and O–H groups in total. The predicted octanol–water partition coefficient (Wildman–Crippen LogP) is 1.16. The molecule has 0 heterocycles. The minimum Gasteiger partial charge on any atom is -1.00 e. The van der Waals surface area contributed by atoms with Crippen LogP contribution in [-0.2, 0) is 8.85 Å². The lowest BCUT2D eigenvalue weighted by Crippen LogP contribution is -3.00. The molecule has 0 atom stereocenters. The van der Waals surface area contributed by atoms with E-state index in [9.17, 15) is 0 Å². The van der Waals surface area contributed by atoms with Crippen LogP contribution < -0.4 is 12.4 Å². The van der Waals surface area contributed by atoms with Crippen LogP contribution in [0.4, 0.5) is 0 Å². The van der Waals surface area contributed by atoms with Crippen LogP contribution in [0.25, 0.3) is 0 Å². The van der Waals surface area contributed by atoms with Crippen molar-refractivity contribution in [3.8, 4) is 0 Å². The number of nitrogens with zero attached hydrogens (tertiary/aromatic N) is 4. The van der Waals surface area contributed by atoms with Crippen LogP contribution in [-0.4, -0.2) is 59.3 Å². The number of hydrogen-bond acceptors (Lipinski definition) is 6. The summed E-state index contributed by atoms with van der Waals surface area (Å²) in [7, 11) is 5.64. The first kappa shape index (κ1) is 25.5. The molecule has 2 rings (SSSR count). The van der Waals surface area contributed by atoms with Gasteiger partial charge in [0.1, 0.15) is 5.04 Å². The van der Waals surface area contributed by atoms with Gasteiger partial charge < -0.3 is 12.4 Å². The van der Waals surface area contributed by atoms with E-state index in [1.807, 2.05) is 88.9 Å². The second-order valence-corrected chi connectivity index (χ2v) is 10.5. The van der Waals surface area contributed by atoms with Crippen LogP contribution in [0.1, 0.15) is 31.9 Å². The normalized spacial score (nSPS) is 12.0. The first-order chi connectivity index (χ1) is 13.7. The molecule has 0 amide bonds. The fourth-order valence-electron chi connectivity index (χ4n) is 2.30. The highest BCUT2D eigenvalue weighted by Gasteiger charge is 2.54. The van der Waals surface area contributed by atoms with Gasteiger partial charge in [0, 0.05) is 39.3 Å². The summed E-state index contributed by atoms with van der Waals surface area (Å²) in [6.07, 6.45) is 0. The smallest absolute Gasteiger partial charge is 0.789 e. The summed E-state index contributed by atoms with van der Waals surface area (Å²) in [5.74, 6) is 1.08. The number of rotatable bonds is 6. The highest BCUT2D eigenvalue weighted by Crippen LogP contribution is 2.30. The second-order valence-electron chi connectivity index (χ2n) is 7.98. The first-order valence-electron chi connectivity index (χ1n) is 9.52. The fourth-order valence-corrected chi connectivity index (χ4v) is 3.62. The van der Waals surface area contributed by atoms with Gasteiger partial charge >= 0.3 is 9.28 Å². The Labute approximate surface area is 188 Å². The van der Waals surface area contributed by atoms with Crippen LogP contribution in [0, 0.1) is 0 Å². The van der Waals surface area contributed by atoms with Crippen molar-refractivity contribution < 1.29 is 21.3 Å². The van der Waals surface area contributed by atoms with Crippen molar-refractivity contribution >= 4 is 21.1 Å². The Balaban J connectivity index is 0.00000450. The molecule has 0 aliphatic heterocycles. The van der Waals surface area contributed by atoms with E-state index in [0.29, 0.717) is 11.8 Å². The van der Waals surface area contributed by atoms with Gasteiger partial charge in [-0.1, -0.05) is 36.4 Å². The van der Waals surface area contributed by atoms with Gasteiger partial charge in [-0.05, 0) is 45.0 Å². The van der Waals surface area contributed by atoms with Gasteiger partial charge in [0.2, 0.25) is 0 Å². The van der Waals surface area contributed by atoms with Crippen molar-refractivity contribution in [1.82, 2.24) is 10.0 Å². The molecular weight excluding hydrogens is 416 g/mol. The highest BCUT2D eigenvalue weighted by atomic mass is 35.5. The lowest BCUT2D eigenvalue weighted by Gasteiger charge is -2.17. The summed E-state index contributed by atoms with van der Waals surface area (Å²) >= 11 is 0. The van der Waals surface area contributed by atoms with Gasteiger partial charge in [0.15, 0.2) is 0 Å². The molecule has 0 saturated heterocycles. The number of benzene rings is 2. The maximum atomic E-state index is 6.43. The Morgan fingerprint density at radius 2 is 1.03 bits per heavy atom. The van der Waals surface area contributed by atoms with E-state index < -0.39 is 9.28 Å². The maximum absolute atomic E-state index is 6.43. The molecule has 0 unspecified atom stereocenters. The third-order valence-electron chi connectivity index (χ3n) is 3.61. The minimum atomic E-state index is -1.86. The van der Waals surface area contributed by atoms with Crippen molar-refractivity contribution in [3.63, 3.8) is 0 Å². The van der Waals surface area contributed by atoms with Gasteiger partial charge in [-0.25, -0.2) is 0 Å². The monoisotopic (exact) mass is 446 g/mol. The molecule has 162 valence electrons. The molecule has 0 saturated carbocycles. The predicted molar refractivity (Wildman–Crippen MR) is 121 cm³/mol. The number of hydrazone groups is 2. The van der Waals surface area contributed by atoms with Crippen molar-refractivity contribution in [3.05, 3.63) is 71.8 Å². The summed E-state index contributed by atoms with van der Waals surface area (Å²) in [6, 6.07) is 19.8. The van der Waals surface area contributed by atoms with Crippen molar-refractivity contribution in [2.45, 2.75) is 25.8 Å². The first-order valence-corrected chi connectivity index (χ1v) is 10.8. The zero-order valence-corrected chi connectivity index (χ0v) is 20.5. The van der Waals surface area contributed by atoms with E-state index in [2.05, 4.69) is 31.0 Å². The van der Waals surface area contributed by atoms with E-state index in [-0.39, 0.29) is 17.4 Å². The summed E-state index contributed by atoms with van der Waals surface area (Å²) < 4.78 is 12.9. The average molecular weight is 447 g/mol. The van der Waals surface area contributed by atoms with Crippen molar-refractivity contribution in [2.75, 3.05) is 28.2 Å². The summed E-state index contributed by atoms with van der Waals surface area (Å²) in [4.78, 5) is 0. The van der Waals surface area contributed by atoms with Crippen LogP contribution >= 0.6 is 0 Å². The van der Waals surface area contributed by atoms with Gasteiger partial charge in [-0.3, -0.25) is 18.9 Å². The molecule has 8 heteroatoms. The molecular formula is C22H31ClN4O2Si. The van der Waals surface area contributed by atoms with E-state index >= 15 is 0 Å². The Bertz CT molecular complexity index is 759. The Hall–Kier alpha value is -2.51. The van der Waals surface area contributed by atoms with Gasteiger partial charge in [-0.2, -0.15) is 0 Å². The Kier molecular flexibility index (Phi) is 9.88. The lowest BCUT2D eigenvalue weighted by molar-refractivity contribution is -0.00000819. The maximum Gasteiger partial charge on any atom is 0.789 e. The van der Waals surface area contributed by atoms with Gasteiger partial charge in [0.25, 0.3) is 11.8 Å². The van der Waals surface area contributed by atoms with Gasteiger partial charge in [-0.15, -0.1) is 10.2 Å². The van der Waals surface area contributed by atoms with E-state index in [0.717, 1.165) is 11.1 Å². The van der Waals surface area contributed by atoms with Crippen LogP contribution in [0.5, 0.6) is 0 Å². The molecule has 0 aliphatic rings. The van der Waals surface area contributed by atoms with Crippen LogP contribution in [0.3, 0.4) is 0 Å². The fraction of sp³-hybridized carbons (Fsp3) is 0.364. The zero-order valence-electron chi connectivity index (χ0n) is 18.8. The molecule has 0 aliphatic carbocycles. The molecule has 2 aromatic rings. The Morgan fingerprint density at radius 1 is 0.700 bits per heavy atom. The van der Waals surface area contributed by atoms with Gasteiger partial charge in [0.05, 0.1) is 0 Å². The molecule has 0 spiro atoms. The number of halogens is 1. The number of hydrogen-bond donors (Lipinski definition) is 0. The summed E-state index contributed by atoms with van der Waals surface area (Å²) in [5, 5.41) is 12.4. The summed E-state index contributed by atoms with van der Waals surface area (Å²) in [5.41, 5.74) is 1.81. The molecule has 0 aromatic heterocycles. The molecule has 0 radical (unpaired) electrons. The quantitative estimate of drug-likeness (QED) is 0.289. The van der Waals surface area contributed by atoms with E-state index in [4.69, 9.17) is 8.85 Å². The topological polar surface area (TPSA) is 49.7 Å². The third kappa shape index (κ3) is 8.08. The summed E-state index contributed by atoms with van der Waals surface area (Å²) in [6.45, 7) is 6.33. The largest absolute Gasteiger partial charge is 1.00 e. The third-order valence-corrected chi connectivity index (χ3v) is 5.60. The minimum absolute atomic E-state index is 0. The van der Waals surface area contributed by atoms with E-state index in [1.54, 1.807) is 10.0 Å². The van der Waals surface area contributed by atoms with E-state index in [1.165, 1.54) is 0 Å². The molecule has 2 aromatic carbocycles. The molecule has 6 nitrogen and oxygen atoms in total. The second kappa shape index (κ2) is 11.6. The average Bonchev–Trinajstić information content (AvgIpc) is 2.66. The molecule has 0 bridgehead atoms. The molecule has 0 fully saturated rings. The standard InChI is InChI=1S/C22H31N4O2Si.ClH/c1-22(2,3)29(27-20(23-25(4)5)18-14-10-8-11-15-18)28-21(24-26(6)7)19-16-12-9-13-17-19;/h8-17H,1-7H3;1H/q+1;/p-1/b23-20-,24-21-;.